The molecule has 1 heterocycles. The van der Waals surface area contributed by atoms with Crippen molar-refractivity contribution in [3.63, 3.8) is 0 Å². The van der Waals surface area contributed by atoms with E-state index in [4.69, 9.17) is 9.84 Å². The van der Waals surface area contributed by atoms with E-state index in [1.54, 1.807) is 0 Å². The van der Waals surface area contributed by atoms with Crippen molar-refractivity contribution in [1.29, 1.82) is 0 Å². The molecule has 0 aliphatic carbocycles. The zero-order chi connectivity index (χ0) is 20.4. The van der Waals surface area contributed by atoms with Crippen LogP contribution in [0.4, 0.5) is 0 Å². The third-order valence-electron chi connectivity index (χ3n) is 5.61. The van der Waals surface area contributed by atoms with Crippen LogP contribution in [0.25, 0.3) is 0 Å². The van der Waals surface area contributed by atoms with Gasteiger partial charge in [0.05, 0.1) is 6.61 Å². The van der Waals surface area contributed by atoms with Gasteiger partial charge in [0.2, 0.25) is 0 Å². The summed E-state index contributed by atoms with van der Waals surface area (Å²) < 4.78 is 5.70. The van der Waals surface area contributed by atoms with Gasteiger partial charge in [0.25, 0.3) is 0 Å². The molecule has 5 nitrogen and oxygen atoms in total. The Hall–Kier alpha value is -1.76. The first kappa shape index (κ1) is 21.0. The summed E-state index contributed by atoms with van der Waals surface area (Å²) in [6.07, 6.45) is -4.65. The molecule has 152 valence electrons. The number of hydrogen-bond donors (Lipinski definition) is 4. The predicted octanol–water partition coefficient (Wildman–Crippen LogP) is 2.22. The number of hydrogen-bond acceptors (Lipinski definition) is 5. The van der Waals surface area contributed by atoms with Crippen LogP contribution in [0.15, 0.2) is 42.5 Å². The fraction of sp³-hybridized carbons (Fsp3) is 0.478. The summed E-state index contributed by atoms with van der Waals surface area (Å²) in [5, 5.41) is 39.5. The zero-order valence-electron chi connectivity index (χ0n) is 16.6. The highest BCUT2D eigenvalue weighted by Crippen LogP contribution is 2.36. The van der Waals surface area contributed by atoms with Gasteiger partial charge in [-0.3, -0.25) is 0 Å². The maximum atomic E-state index is 10.4. The van der Waals surface area contributed by atoms with Crippen LogP contribution in [-0.2, 0) is 11.2 Å². The van der Waals surface area contributed by atoms with Crippen LogP contribution in [0.3, 0.4) is 0 Å². The van der Waals surface area contributed by atoms with Crippen molar-refractivity contribution < 1.29 is 25.2 Å². The molecule has 5 heteroatoms. The Morgan fingerprint density at radius 2 is 1.68 bits per heavy atom. The van der Waals surface area contributed by atoms with E-state index in [0.29, 0.717) is 5.92 Å². The molecule has 1 aliphatic heterocycles. The summed E-state index contributed by atoms with van der Waals surface area (Å²) in [6, 6.07) is 14.4. The van der Waals surface area contributed by atoms with Gasteiger partial charge in [0.15, 0.2) is 0 Å². The Kier molecular flexibility index (Phi) is 6.53. The molecular formula is C23H30O5. The van der Waals surface area contributed by atoms with E-state index in [9.17, 15) is 15.3 Å². The van der Waals surface area contributed by atoms with Crippen molar-refractivity contribution in [2.45, 2.75) is 63.6 Å². The van der Waals surface area contributed by atoms with E-state index in [2.05, 4.69) is 38.1 Å². The van der Waals surface area contributed by atoms with E-state index in [1.807, 2.05) is 25.1 Å². The Labute approximate surface area is 166 Å². The second-order valence-electron chi connectivity index (χ2n) is 8.01. The predicted molar refractivity (Wildman–Crippen MR) is 107 cm³/mol. The average Bonchev–Trinajstić information content (AvgIpc) is 2.98. The molecule has 3 rings (SSSR count). The molecule has 0 amide bonds. The van der Waals surface area contributed by atoms with Gasteiger partial charge in [0.1, 0.15) is 30.5 Å². The molecule has 5 atom stereocenters. The zero-order valence-corrected chi connectivity index (χ0v) is 16.6. The van der Waals surface area contributed by atoms with Crippen LogP contribution in [-0.4, -0.2) is 51.4 Å². The molecule has 0 unspecified atom stereocenters. The smallest absolute Gasteiger partial charge is 0.115 e. The van der Waals surface area contributed by atoms with Gasteiger partial charge in [0, 0.05) is 0 Å². The summed E-state index contributed by atoms with van der Waals surface area (Å²) in [4.78, 5) is 0. The maximum absolute atomic E-state index is 10.4. The lowest BCUT2D eigenvalue weighted by molar-refractivity contribution is -0.0820. The molecule has 0 radical (unpaired) electrons. The molecule has 2 aromatic rings. The van der Waals surface area contributed by atoms with E-state index in [1.165, 1.54) is 11.1 Å². The highest BCUT2D eigenvalue weighted by atomic mass is 16.6. The fourth-order valence-corrected chi connectivity index (χ4v) is 3.70. The number of aliphatic hydroxyl groups excluding tert-OH is 4. The first-order chi connectivity index (χ1) is 13.3. The van der Waals surface area contributed by atoms with E-state index in [0.717, 1.165) is 23.1 Å². The lowest BCUT2D eigenvalue weighted by Crippen LogP contribution is -2.40. The molecule has 0 bridgehead atoms. The molecule has 28 heavy (non-hydrogen) atoms. The normalized spacial score (nSPS) is 26.0. The summed E-state index contributed by atoms with van der Waals surface area (Å²) >= 11 is 0. The molecule has 2 aromatic carbocycles. The summed E-state index contributed by atoms with van der Waals surface area (Å²) in [5.74, 6) is 0.494. The lowest BCUT2D eigenvalue weighted by atomic mass is 9.93. The number of aliphatic hydroxyl groups is 4. The maximum Gasteiger partial charge on any atom is 0.115 e. The molecule has 1 aliphatic rings. The minimum Gasteiger partial charge on any atom is -0.394 e. The van der Waals surface area contributed by atoms with Crippen molar-refractivity contribution in [3.8, 4) is 0 Å². The number of rotatable bonds is 6. The van der Waals surface area contributed by atoms with Gasteiger partial charge in [-0.15, -0.1) is 0 Å². The first-order valence-corrected chi connectivity index (χ1v) is 9.80. The standard InChI is InChI=1S/C23H30O5/c1-13(2)16-8-5-15(6-9-16)10-18-11-17(7-4-14(18)3)22-20(26)21(27)23(28-22)19(25)12-24/h4-9,11,13,19-27H,10,12H2,1-3H3/t19-,20+,21+,22-,23+/m0/s1. The van der Waals surface area contributed by atoms with Gasteiger partial charge in [-0.05, 0) is 47.1 Å². The Morgan fingerprint density at radius 1 is 1.00 bits per heavy atom. The Morgan fingerprint density at radius 3 is 2.29 bits per heavy atom. The third kappa shape index (κ3) is 4.29. The van der Waals surface area contributed by atoms with Crippen LogP contribution in [0.1, 0.15) is 53.7 Å². The van der Waals surface area contributed by atoms with Crippen LogP contribution in [0, 0.1) is 6.92 Å². The van der Waals surface area contributed by atoms with E-state index >= 15 is 0 Å². The third-order valence-corrected chi connectivity index (χ3v) is 5.61. The van der Waals surface area contributed by atoms with Crippen molar-refractivity contribution in [3.05, 3.63) is 70.3 Å². The van der Waals surface area contributed by atoms with Crippen molar-refractivity contribution in [2.75, 3.05) is 6.61 Å². The lowest BCUT2D eigenvalue weighted by Gasteiger charge is -2.19. The minimum absolute atomic E-state index is 0.494. The van der Waals surface area contributed by atoms with Gasteiger partial charge in [-0.25, -0.2) is 0 Å². The average molecular weight is 386 g/mol. The van der Waals surface area contributed by atoms with Crippen LogP contribution < -0.4 is 0 Å². The summed E-state index contributed by atoms with van der Waals surface area (Å²) in [7, 11) is 0. The van der Waals surface area contributed by atoms with Gasteiger partial charge < -0.3 is 25.2 Å². The van der Waals surface area contributed by atoms with Crippen LogP contribution >= 0.6 is 0 Å². The quantitative estimate of drug-likeness (QED) is 0.611. The van der Waals surface area contributed by atoms with Crippen LogP contribution in [0.2, 0.25) is 0 Å². The van der Waals surface area contributed by atoms with Gasteiger partial charge in [-0.2, -0.15) is 0 Å². The molecule has 1 fully saturated rings. The number of ether oxygens (including phenoxy) is 1. The molecule has 1 saturated heterocycles. The summed E-state index contributed by atoms with van der Waals surface area (Å²) in [6.45, 7) is 5.85. The highest BCUT2D eigenvalue weighted by Gasteiger charge is 2.46. The summed E-state index contributed by atoms with van der Waals surface area (Å²) in [5.41, 5.74) is 5.51. The SMILES string of the molecule is Cc1ccc([C@@H]2O[C@H]([C@@H](O)CO)[C@H](O)[C@H]2O)cc1Cc1ccc(C(C)C)cc1. The Balaban J connectivity index is 1.81. The van der Waals surface area contributed by atoms with Gasteiger partial charge >= 0.3 is 0 Å². The Bertz CT molecular complexity index is 786. The minimum atomic E-state index is -1.25. The molecule has 0 spiro atoms. The molecular weight excluding hydrogens is 356 g/mol. The second kappa shape index (κ2) is 8.72. The number of benzene rings is 2. The largest absolute Gasteiger partial charge is 0.394 e. The van der Waals surface area contributed by atoms with Crippen LogP contribution in [0.5, 0.6) is 0 Å². The second-order valence-corrected chi connectivity index (χ2v) is 8.01. The number of aryl methyl sites for hydroxylation is 1. The monoisotopic (exact) mass is 386 g/mol. The fourth-order valence-electron chi connectivity index (χ4n) is 3.70. The molecule has 4 N–H and O–H groups in total. The molecule has 0 aromatic heterocycles. The first-order valence-electron chi connectivity index (χ1n) is 9.80. The molecule has 0 saturated carbocycles. The van der Waals surface area contributed by atoms with Gasteiger partial charge in [-0.1, -0.05) is 56.3 Å². The van der Waals surface area contributed by atoms with Crippen molar-refractivity contribution in [1.82, 2.24) is 0 Å². The van der Waals surface area contributed by atoms with E-state index < -0.39 is 37.1 Å². The topological polar surface area (TPSA) is 90.2 Å². The highest BCUT2D eigenvalue weighted by molar-refractivity contribution is 5.38. The van der Waals surface area contributed by atoms with E-state index in [-0.39, 0.29) is 0 Å². The van der Waals surface area contributed by atoms with Crippen molar-refractivity contribution >= 4 is 0 Å². The van der Waals surface area contributed by atoms with Crippen molar-refractivity contribution in [2.24, 2.45) is 0 Å².